The third-order valence-corrected chi connectivity index (χ3v) is 15.1. The lowest BCUT2D eigenvalue weighted by atomic mass is 10.0. The Balaban J connectivity index is 4.19. The summed E-state index contributed by atoms with van der Waals surface area (Å²) in [5, 5.41) is 0. The molecule has 0 rings (SSSR count). The second-order valence-corrected chi connectivity index (χ2v) is 23.1. The fourth-order valence-electron chi connectivity index (χ4n) is 9.91. The van der Waals surface area contributed by atoms with Gasteiger partial charge in [-0.1, -0.05) is 330 Å². The minimum Gasteiger partial charge on any atom is -0.462 e. The highest BCUT2D eigenvalue weighted by Gasteiger charge is 2.19. The number of unbranched alkanes of at least 4 members (excludes halogenated alkanes) is 36. The Kier molecular flexibility index (Phi) is 65.7. The van der Waals surface area contributed by atoms with Crippen molar-refractivity contribution >= 4 is 17.9 Å². The Morgan fingerprint density at radius 3 is 0.802 bits per heavy atom. The maximum absolute atomic E-state index is 12.9. The fraction of sp³-hybridized carbons (Fsp3) is 0.747. The summed E-state index contributed by atoms with van der Waals surface area (Å²) in [6.07, 6.45) is 93.2. The van der Waals surface area contributed by atoms with Crippen LogP contribution in [0.4, 0.5) is 0 Å². The van der Waals surface area contributed by atoms with E-state index in [4.69, 9.17) is 14.2 Å². The lowest BCUT2D eigenvalue weighted by Crippen LogP contribution is -2.30. The number of carbonyl (C=O) groups is 3. The third kappa shape index (κ3) is 67.0. The average molecular weight is 1130 g/mol. The number of carbonyl (C=O) groups excluding carboxylic acids is 3. The van der Waals surface area contributed by atoms with E-state index in [1.54, 1.807) is 0 Å². The third-order valence-electron chi connectivity index (χ3n) is 15.1. The first-order valence-electron chi connectivity index (χ1n) is 34.7. The van der Waals surface area contributed by atoms with Crippen LogP contribution in [0.3, 0.4) is 0 Å². The summed E-state index contributed by atoms with van der Waals surface area (Å²) in [5.41, 5.74) is 0. The predicted molar refractivity (Wildman–Crippen MR) is 353 cm³/mol. The molecule has 1 atom stereocenters. The van der Waals surface area contributed by atoms with Crippen LogP contribution in [0.15, 0.2) is 97.2 Å². The highest BCUT2D eigenvalue weighted by Crippen LogP contribution is 2.17. The molecule has 0 aliphatic heterocycles. The molecule has 0 amide bonds. The van der Waals surface area contributed by atoms with Gasteiger partial charge in [-0.15, -0.1) is 0 Å². The van der Waals surface area contributed by atoms with Crippen molar-refractivity contribution in [3.05, 3.63) is 97.2 Å². The Morgan fingerprint density at radius 2 is 0.506 bits per heavy atom. The first-order valence-corrected chi connectivity index (χ1v) is 34.7. The summed E-state index contributed by atoms with van der Waals surface area (Å²) in [6, 6.07) is 0. The number of esters is 3. The molecule has 81 heavy (non-hydrogen) atoms. The van der Waals surface area contributed by atoms with Gasteiger partial charge < -0.3 is 14.2 Å². The van der Waals surface area contributed by atoms with Gasteiger partial charge in [-0.2, -0.15) is 0 Å². The van der Waals surface area contributed by atoms with Crippen LogP contribution in [0.1, 0.15) is 342 Å². The van der Waals surface area contributed by atoms with Crippen LogP contribution in [0.25, 0.3) is 0 Å². The Labute approximate surface area is 502 Å². The van der Waals surface area contributed by atoms with E-state index in [0.717, 1.165) is 83.5 Å². The van der Waals surface area contributed by atoms with Crippen molar-refractivity contribution in [2.24, 2.45) is 0 Å². The molecule has 0 saturated carbocycles. The van der Waals surface area contributed by atoms with E-state index < -0.39 is 6.10 Å². The number of hydrogen-bond acceptors (Lipinski definition) is 6. The predicted octanol–water partition coefficient (Wildman–Crippen LogP) is 24.0. The van der Waals surface area contributed by atoms with E-state index in [-0.39, 0.29) is 37.5 Å². The van der Waals surface area contributed by atoms with Crippen LogP contribution in [0, 0.1) is 0 Å². The molecule has 0 saturated heterocycles. The molecular formula is C75H130O6. The zero-order valence-corrected chi connectivity index (χ0v) is 53.5. The Hall–Kier alpha value is -3.67. The number of rotatable bonds is 63. The van der Waals surface area contributed by atoms with Gasteiger partial charge in [0, 0.05) is 19.3 Å². The maximum Gasteiger partial charge on any atom is 0.306 e. The van der Waals surface area contributed by atoms with Crippen LogP contribution in [-0.2, 0) is 28.6 Å². The zero-order valence-electron chi connectivity index (χ0n) is 53.5. The second-order valence-electron chi connectivity index (χ2n) is 23.1. The van der Waals surface area contributed by atoms with Gasteiger partial charge in [0.05, 0.1) is 0 Å². The molecule has 0 bridgehead atoms. The monoisotopic (exact) mass is 1130 g/mol. The quantitative estimate of drug-likeness (QED) is 0.0261. The van der Waals surface area contributed by atoms with E-state index >= 15 is 0 Å². The molecule has 466 valence electrons. The molecule has 0 aliphatic carbocycles. The summed E-state index contributed by atoms with van der Waals surface area (Å²) in [5.74, 6) is -0.976. The van der Waals surface area contributed by atoms with Crippen molar-refractivity contribution in [1.29, 1.82) is 0 Å². The molecule has 0 N–H and O–H groups in total. The van der Waals surface area contributed by atoms with Crippen molar-refractivity contribution in [2.75, 3.05) is 13.2 Å². The summed E-state index contributed by atoms with van der Waals surface area (Å²) < 4.78 is 16.8. The molecule has 1 unspecified atom stereocenters. The summed E-state index contributed by atoms with van der Waals surface area (Å²) in [4.78, 5) is 38.2. The summed E-state index contributed by atoms with van der Waals surface area (Å²) >= 11 is 0. The zero-order chi connectivity index (χ0) is 58.5. The van der Waals surface area contributed by atoms with Crippen LogP contribution in [0.2, 0.25) is 0 Å². The van der Waals surface area contributed by atoms with Crippen LogP contribution in [-0.4, -0.2) is 37.2 Å². The van der Waals surface area contributed by atoms with Crippen molar-refractivity contribution < 1.29 is 28.6 Å². The van der Waals surface area contributed by atoms with E-state index in [2.05, 4.69) is 112 Å². The molecule has 6 nitrogen and oxygen atoms in total. The first kappa shape index (κ1) is 77.3. The SMILES string of the molecule is CC/C=C\C/C=C\C/C=C\C/C=C\C/C=C\C/C=C\CCC(=O)OC(COC(=O)CCCCCCCCCCCCC)COC(=O)CCCCCCCCCCCCCCCCCCCCCCC/C=C\C/C=C\CCCCCCC. The number of allylic oxidation sites excluding steroid dienone is 16. The maximum atomic E-state index is 12.9. The molecule has 0 aromatic carbocycles. The molecule has 0 radical (unpaired) electrons. The van der Waals surface area contributed by atoms with Gasteiger partial charge >= 0.3 is 17.9 Å². The molecule has 0 fully saturated rings. The highest BCUT2D eigenvalue weighted by molar-refractivity contribution is 5.71. The number of hydrogen-bond donors (Lipinski definition) is 0. The van der Waals surface area contributed by atoms with E-state index in [1.165, 1.54) is 212 Å². The van der Waals surface area contributed by atoms with Crippen LogP contribution < -0.4 is 0 Å². The van der Waals surface area contributed by atoms with Crippen LogP contribution in [0.5, 0.6) is 0 Å². The minimum atomic E-state index is -0.816. The molecular weight excluding hydrogens is 997 g/mol. The second kappa shape index (κ2) is 68.8. The molecule has 0 spiro atoms. The van der Waals surface area contributed by atoms with Crippen molar-refractivity contribution in [3.8, 4) is 0 Å². The molecule has 0 aliphatic rings. The largest absolute Gasteiger partial charge is 0.462 e. The molecule has 0 heterocycles. The first-order chi connectivity index (χ1) is 40.0. The minimum absolute atomic E-state index is 0.104. The fourth-order valence-corrected chi connectivity index (χ4v) is 9.91. The van der Waals surface area contributed by atoms with Crippen LogP contribution >= 0.6 is 0 Å². The summed E-state index contributed by atoms with van der Waals surface area (Å²) in [7, 11) is 0. The average Bonchev–Trinajstić information content (AvgIpc) is 3.47. The highest BCUT2D eigenvalue weighted by atomic mass is 16.6. The smallest absolute Gasteiger partial charge is 0.306 e. The van der Waals surface area contributed by atoms with Gasteiger partial charge in [0.1, 0.15) is 13.2 Å². The number of ether oxygens (including phenoxy) is 3. The van der Waals surface area contributed by atoms with Gasteiger partial charge in [-0.05, 0) is 89.9 Å². The van der Waals surface area contributed by atoms with Gasteiger partial charge in [-0.3, -0.25) is 14.4 Å². The Bertz CT molecular complexity index is 1580. The van der Waals surface area contributed by atoms with E-state index in [0.29, 0.717) is 19.3 Å². The van der Waals surface area contributed by atoms with E-state index in [9.17, 15) is 14.4 Å². The standard InChI is InChI=1S/C75H130O6/c1-4-7-10-13-16-19-22-24-26-28-30-31-32-33-34-35-36-37-38-39-40-41-42-43-45-46-48-50-53-56-59-62-65-68-74(77)80-71-72(70-79-73(76)67-64-61-58-55-52-21-18-15-12-9-6-3)81-75(78)69-66-63-60-57-54-51-49-47-44-29-27-25-23-20-17-14-11-8-5-2/h8,11,17,20,22,24-25,27-28,30,44,47,51,54,60,63,72H,4-7,9-10,12-16,18-19,21,23,26,29,31-43,45-46,48-50,52-53,55-59,61-62,64-71H2,1-3H3/b11-8-,20-17-,24-22-,27-25-,30-28-,47-44-,54-51-,63-60-. The van der Waals surface area contributed by atoms with Gasteiger partial charge in [0.15, 0.2) is 6.10 Å². The van der Waals surface area contributed by atoms with E-state index in [1.807, 2.05) is 6.08 Å². The lowest BCUT2D eigenvalue weighted by Gasteiger charge is -2.18. The van der Waals surface area contributed by atoms with Gasteiger partial charge in [-0.25, -0.2) is 0 Å². The van der Waals surface area contributed by atoms with Gasteiger partial charge in [0.2, 0.25) is 0 Å². The van der Waals surface area contributed by atoms with Crippen molar-refractivity contribution in [2.45, 2.75) is 348 Å². The van der Waals surface area contributed by atoms with Gasteiger partial charge in [0.25, 0.3) is 0 Å². The molecule has 0 aromatic heterocycles. The topological polar surface area (TPSA) is 78.9 Å². The lowest BCUT2D eigenvalue weighted by molar-refractivity contribution is -0.166. The summed E-state index contributed by atoms with van der Waals surface area (Å²) in [6.45, 7) is 6.48. The van der Waals surface area contributed by atoms with Crippen molar-refractivity contribution in [3.63, 3.8) is 0 Å². The molecule has 6 heteroatoms. The molecule has 0 aromatic rings. The Morgan fingerprint density at radius 1 is 0.259 bits per heavy atom. The normalized spacial score (nSPS) is 12.7. The van der Waals surface area contributed by atoms with Crippen molar-refractivity contribution in [1.82, 2.24) is 0 Å².